The van der Waals surface area contributed by atoms with E-state index in [0.29, 0.717) is 4.08 Å². The van der Waals surface area contributed by atoms with Gasteiger partial charge < -0.3 is 0 Å². The lowest BCUT2D eigenvalue weighted by Crippen LogP contribution is -2.13. The van der Waals surface area contributed by atoms with Gasteiger partial charge in [-0.15, -0.1) is 23.5 Å². The summed E-state index contributed by atoms with van der Waals surface area (Å²) in [5.74, 6) is 2.45. The van der Waals surface area contributed by atoms with E-state index in [1.165, 1.54) is 48.3 Å². The van der Waals surface area contributed by atoms with E-state index in [9.17, 15) is 0 Å². The van der Waals surface area contributed by atoms with E-state index in [1.807, 2.05) is 0 Å². The fraction of sp³-hybridized carbons (Fsp3) is 0.600. The predicted octanol–water partition coefficient (Wildman–Crippen LogP) is 5.05. The molecule has 1 saturated carbocycles. The van der Waals surface area contributed by atoms with Crippen LogP contribution in [0.4, 0.5) is 0 Å². The van der Waals surface area contributed by atoms with Gasteiger partial charge in [0.15, 0.2) is 0 Å². The van der Waals surface area contributed by atoms with Gasteiger partial charge >= 0.3 is 0 Å². The van der Waals surface area contributed by atoms with Crippen molar-refractivity contribution in [2.45, 2.75) is 55.1 Å². The summed E-state index contributed by atoms with van der Waals surface area (Å²) >= 11 is 4.43. The third-order valence-electron chi connectivity index (χ3n) is 4.16. The summed E-state index contributed by atoms with van der Waals surface area (Å²) in [4.78, 5) is 0. The van der Waals surface area contributed by atoms with Gasteiger partial charge in [-0.1, -0.05) is 25.0 Å². The Morgan fingerprint density at radius 1 is 0.882 bits per heavy atom. The fourth-order valence-electron chi connectivity index (χ4n) is 2.87. The highest BCUT2D eigenvalue weighted by Gasteiger charge is 2.36. The van der Waals surface area contributed by atoms with E-state index in [1.54, 1.807) is 11.1 Å². The van der Waals surface area contributed by atoms with Crippen LogP contribution in [0.15, 0.2) is 12.1 Å². The molecule has 1 aliphatic carbocycles. The van der Waals surface area contributed by atoms with E-state index in [-0.39, 0.29) is 0 Å². The van der Waals surface area contributed by atoms with Crippen molar-refractivity contribution in [2.24, 2.45) is 0 Å². The first kappa shape index (κ1) is 12.0. The monoisotopic (exact) mass is 264 g/mol. The Morgan fingerprint density at radius 2 is 1.35 bits per heavy atom. The molecule has 1 aliphatic heterocycles. The van der Waals surface area contributed by atoms with Crippen LogP contribution in [-0.2, 0) is 11.5 Å². The van der Waals surface area contributed by atoms with E-state index >= 15 is 0 Å². The van der Waals surface area contributed by atoms with Crippen LogP contribution in [0.5, 0.6) is 0 Å². The molecule has 0 bridgehead atoms. The number of rotatable bonds is 0. The van der Waals surface area contributed by atoms with Crippen molar-refractivity contribution >= 4 is 23.5 Å². The predicted molar refractivity (Wildman–Crippen MR) is 79.7 cm³/mol. The number of hydrogen-bond acceptors (Lipinski definition) is 2. The summed E-state index contributed by atoms with van der Waals surface area (Å²) in [6.45, 7) is 4.48. The zero-order valence-electron chi connectivity index (χ0n) is 10.7. The second kappa shape index (κ2) is 4.55. The molecule has 1 heterocycles. The molecular weight excluding hydrogens is 244 g/mol. The van der Waals surface area contributed by atoms with Crippen LogP contribution in [0.2, 0.25) is 0 Å². The minimum Gasteiger partial charge on any atom is -0.139 e. The molecule has 0 nitrogen and oxygen atoms in total. The molecule has 1 aromatic rings. The lowest BCUT2D eigenvalue weighted by Gasteiger charge is -2.25. The van der Waals surface area contributed by atoms with Crippen LogP contribution in [0.1, 0.15) is 47.9 Å². The van der Waals surface area contributed by atoms with Crippen LogP contribution in [-0.4, -0.2) is 4.08 Å². The van der Waals surface area contributed by atoms with Gasteiger partial charge in [-0.2, -0.15) is 0 Å². The minimum atomic E-state index is 0.556. The molecule has 0 N–H and O–H groups in total. The molecule has 1 spiro atoms. The van der Waals surface area contributed by atoms with Gasteiger partial charge in [0.25, 0.3) is 0 Å². The van der Waals surface area contributed by atoms with E-state index in [4.69, 9.17) is 0 Å². The highest BCUT2D eigenvalue weighted by molar-refractivity contribution is 8.17. The van der Waals surface area contributed by atoms with Gasteiger partial charge in [0.1, 0.15) is 0 Å². The summed E-state index contributed by atoms with van der Waals surface area (Å²) in [6, 6.07) is 4.85. The normalized spacial score (nSPS) is 22.5. The lowest BCUT2D eigenvalue weighted by molar-refractivity contribution is 0.843. The van der Waals surface area contributed by atoms with E-state index < -0.39 is 0 Å². The Balaban J connectivity index is 1.89. The molecular formula is C15H20S2. The molecule has 0 amide bonds. The molecule has 2 aliphatic rings. The zero-order chi connectivity index (χ0) is 11.9. The molecule has 0 atom stereocenters. The molecule has 1 fully saturated rings. The first-order valence-corrected chi connectivity index (χ1v) is 8.53. The second-order valence-electron chi connectivity index (χ2n) is 5.40. The maximum absolute atomic E-state index is 2.42. The van der Waals surface area contributed by atoms with E-state index in [0.717, 1.165) is 0 Å². The van der Waals surface area contributed by atoms with Gasteiger partial charge in [-0.05, 0) is 48.9 Å². The lowest BCUT2D eigenvalue weighted by atomic mass is 10.0. The van der Waals surface area contributed by atoms with Crippen LogP contribution in [0, 0.1) is 13.8 Å². The van der Waals surface area contributed by atoms with Crippen molar-refractivity contribution in [1.29, 1.82) is 0 Å². The average Bonchev–Trinajstić information content (AvgIpc) is 2.70. The van der Waals surface area contributed by atoms with Crippen molar-refractivity contribution in [2.75, 3.05) is 0 Å². The molecule has 0 radical (unpaired) electrons. The highest BCUT2D eigenvalue weighted by atomic mass is 32.2. The summed E-state index contributed by atoms with van der Waals surface area (Å²) in [5, 5.41) is 0. The van der Waals surface area contributed by atoms with Gasteiger partial charge in [-0.25, -0.2) is 0 Å². The molecule has 0 unspecified atom stereocenters. The van der Waals surface area contributed by atoms with Gasteiger partial charge in [-0.3, -0.25) is 0 Å². The highest BCUT2D eigenvalue weighted by Crippen LogP contribution is 2.54. The zero-order valence-corrected chi connectivity index (χ0v) is 12.3. The number of fused-ring (bicyclic) bond motifs is 1. The van der Waals surface area contributed by atoms with Gasteiger partial charge in [0.2, 0.25) is 0 Å². The Labute approximate surface area is 113 Å². The van der Waals surface area contributed by atoms with Crippen LogP contribution < -0.4 is 0 Å². The van der Waals surface area contributed by atoms with Crippen LogP contribution in [0.3, 0.4) is 0 Å². The van der Waals surface area contributed by atoms with Crippen molar-refractivity contribution in [3.8, 4) is 0 Å². The minimum absolute atomic E-state index is 0.556. The van der Waals surface area contributed by atoms with Gasteiger partial charge in [0, 0.05) is 11.5 Å². The first-order valence-electron chi connectivity index (χ1n) is 6.55. The smallest absolute Gasteiger partial charge is 0.0617 e. The first-order chi connectivity index (χ1) is 8.19. The molecule has 0 saturated heterocycles. The van der Waals surface area contributed by atoms with Crippen molar-refractivity contribution in [3.05, 3.63) is 34.4 Å². The SMILES string of the molecule is Cc1cc2c(cc1C)CSC1(CCCC1)SC2. The Bertz CT molecular complexity index is 396. The summed E-state index contributed by atoms with van der Waals surface area (Å²) in [6.07, 6.45) is 5.73. The molecule has 3 rings (SSSR count). The third kappa shape index (κ3) is 2.26. The summed E-state index contributed by atoms with van der Waals surface area (Å²) in [5.41, 5.74) is 6.09. The van der Waals surface area contributed by atoms with Gasteiger partial charge in [0.05, 0.1) is 4.08 Å². The number of thioether (sulfide) groups is 2. The second-order valence-corrected chi connectivity index (χ2v) is 8.38. The third-order valence-corrected chi connectivity index (χ3v) is 7.65. The number of aryl methyl sites for hydroxylation is 2. The Morgan fingerprint density at radius 3 is 1.82 bits per heavy atom. The molecule has 0 aromatic heterocycles. The van der Waals surface area contributed by atoms with E-state index in [2.05, 4.69) is 49.5 Å². The van der Waals surface area contributed by atoms with Crippen molar-refractivity contribution < 1.29 is 0 Å². The van der Waals surface area contributed by atoms with Crippen molar-refractivity contribution in [3.63, 3.8) is 0 Å². The topological polar surface area (TPSA) is 0 Å². The average molecular weight is 264 g/mol. The summed E-state index contributed by atoms with van der Waals surface area (Å²) in [7, 11) is 0. The largest absolute Gasteiger partial charge is 0.139 e. The fourth-order valence-corrected chi connectivity index (χ4v) is 6.08. The number of hydrogen-bond donors (Lipinski definition) is 0. The van der Waals surface area contributed by atoms with Crippen molar-refractivity contribution in [1.82, 2.24) is 0 Å². The maximum atomic E-state index is 2.42. The Kier molecular flexibility index (Phi) is 3.20. The standard InChI is InChI=1S/C15H20S2/c1-11-7-13-9-16-15(5-3-4-6-15)17-10-14(13)8-12(11)2/h7-8H,3-6,9-10H2,1-2H3. The van der Waals surface area contributed by atoms with Crippen LogP contribution >= 0.6 is 23.5 Å². The summed E-state index contributed by atoms with van der Waals surface area (Å²) < 4.78 is 0.556. The molecule has 1 aromatic carbocycles. The quantitative estimate of drug-likeness (QED) is 0.643. The molecule has 2 heteroatoms. The number of benzene rings is 1. The molecule has 17 heavy (non-hydrogen) atoms. The Hall–Kier alpha value is -0.0800. The maximum Gasteiger partial charge on any atom is 0.0617 e. The molecule has 92 valence electrons. The van der Waals surface area contributed by atoms with Crippen LogP contribution in [0.25, 0.3) is 0 Å².